The number of halogens is 1. The van der Waals surface area contributed by atoms with Crippen molar-refractivity contribution in [1.29, 1.82) is 0 Å². The van der Waals surface area contributed by atoms with E-state index in [0.717, 1.165) is 43.3 Å². The van der Waals surface area contributed by atoms with Crippen LogP contribution in [0.25, 0.3) is 34.5 Å². The average Bonchev–Trinajstić information content (AvgIpc) is 3.68. The highest BCUT2D eigenvalue weighted by molar-refractivity contribution is 7.16. The summed E-state index contributed by atoms with van der Waals surface area (Å²) in [5.74, 6) is 0.437. The molecule has 1 N–H and O–H groups in total. The van der Waals surface area contributed by atoms with E-state index in [4.69, 9.17) is 21.3 Å². The maximum atomic E-state index is 14.3. The lowest BCUT2D eigenvalue weighted by molar-refractivity contribution is -0.126. The van der Waals surface area contributed by atoms with E-state index < -0.39 is 11.5 Å². The number of aromatic nitrogens is 3. The Bertz CT molecular complexity index is 2430. The van der Waals surface area contributed by atoms with Gasteiger partial charge in [0, 0.05) is 22.1 Å². The topological polar surface area (TPSA) is 118 Å². The number of amides is 1. The maximum absolute atomic E-state index is 14.3. The molecule has 242 valence electrons. The molecule has 0 bridgehead atoms. The van der Waals surface area contributed by atoms with Crippen molar-refractivity contribution in [2.75, 3.05) is 28.3 Å². The SMILES string of the molecule is CC1C=c2c(ccc3c2=CC(=O)c2ccccc2-3)C(C)(N2CN(CC(=O)Nc3nc4c(s3)COc3cc(Cl)ccc3-4)c3cncnc32)C1=O. The quantitative estimate of drug-likeness (QED) is 0.281. The minimum atomic E-state index is -1.15. The second kappa shape index (κ2) is 10.8. The van der Waals surface area contributed by atoms with E-state index in [1.54, 1.807) is 24.4 Å². The monoisotopic (exact) mass is 686 g/mol. The van der Waals surface area contributed by atoms with Gasteiger partial charge in [-0.15, -0.1) is 0 Å². The third kappa shape index (κ3) is 4.45. The number of benzene rings is 3. The largest absolute Gasteiger partial charge is 0.487 e. The van der Waals surface area contributed by atoms with Gasteiger partial charge in [-0.3, -0.25) is 14.4 Å². The number of carbonyl (C=O) groups excluding carboxylic acids is 3. The fourth-order valence-electron chi connectivity index (χ4n) is 7.50. The van der Waals surface area contributed by atoms with Crippen molar-refractivity contribution >= 4 is 69.2 Å². The van der Waals surface area contributed by atoms with E-state index in [1.165, 1.54) is 17.7 Å². The van der Waals surface area contributed by atoms with E-state index in [9.17, 15) is 14.4 Å². The summed E-state index contributed by atoms with van der Waals surface area (Å²) in [6.45, 7) is 4.33. The van der Waals surface area contributed by atoms with Crippen molar-refractivity contribution in [3.63, 3.8) is 0 Å². The third-order valence-electron chi connectivity index (χ3n) is 9.84. The summed E-state index contributed by atoms with van der Waals surface area (Å²) in [6.07, 6.45) is 6.76. The number of fused-ring (bicyclic) bond motifs is 9. The Morgan fingerprint density at radius 3 is 2.76 bits per heavy atom. The zero-order chi connectivity index (χ0) is 33.6. The highest BCUT2D eigenvalue weighted by atomic mass is 35.5. The van der Waals surface area contributed by atoms with Crippen molar-refractivity contribution in [3.05, 3.63) is 98.6 Å². The van der Waals surface area contributed by atoms with Crippen LogP contribution >= 0.6 is 22.9 Å². The van der Waals surface area contributed by atoms with E-state index in [2.05, 4.69) is 15.3 Å². The zero-order valence-electron chi connectivity index (χ0n) is 26.4. The molecule has 49 heavy (non-hydrogen) atoms. The highest BCUT2D eigenvalue weighted by Gasteiger charge is 2.50. The maximum Gasteiger partial charge on any atom is 0.245 e. The Balaban J connectivity index is 1.05. The number of hydrogen-bond acceptors (Lipinski definition) is 10. The van der Waals surface area contributed by atoms with Gasteiger partial charge < -0.3 is 19.9 Å². The summed E-state index contributed by atoms with van der Waals surface area (Å²) in [4.78, 5) is 59.4. The minimum absolute atomic E-state index is 0.00416. The van der Waals surface area contributed by atoms with Crippen LogP contribution in [0.3, 0.4) is 0 Å². The number of ether oxygens (including phenoxy) is 1. The number of nitrogens with one attached hydrogen (secondary N) is 1. The highest BCUT2D eigenvalue weighted by Crippen LogP contribution is 2.45. The van der Waals surface area contributed by atoms with Crippen LogP contribution in [0.2, 0.25) is 5.02 Å². The molecule has 2 aliphatic carbocycles. The molecule has 0 saturated heterocycles. The number of nitrogens with zero attached hydrogens (tertiary/aromatic N) is 5. The van der Waals surface area contributed by atoms with Crippen LogP contribution in [0.5, 0.6) is 5.75 Å². The van der Waals surface area contributed by atoms with Crippen molar-refractivity contribution in [2.45, 2.75) is 26.0 Å². The molecule has 2 unspecified atom stereocenters. The number of ketones is 2. The summed E-state index contributed by atoms with van der Waals surface area (Å²) < 4.78 is 5.86. The van der Waals surface area contributed by atoms with Crippen molar-refractivity contribution in [2.24, 2.45) is 5.92 Å². The van der Waals surface area contributed by atoms with Gasteiger partial charge in [0.05, 0.1) is 30.0 Å². The van der Waals surface area contributed by atoms with Crippen molar-refractivity contribution in [3.8, 4) is 28.1 Å². The van der Waals surface area contributed by atoms with Gasteiger partial charge in [-0.2, -0.15) is 0 Å². The first-order chi connectivity index (χ1) is 23.7. The molecule has 0 saturated carbocycles. The Hall–Kier alpha value is -5.39. The molecule has 2 aromatic heterocycles. The lowest BCUT2D eigenvalue weighted by Crippen LogP contribution is -2.59. The van der Waals surface area contributed by atoms with Crippen LogP contribution in [-0.4, -0.2) is 45.6 Å². The van der Waals surface area contributed by atoms with Gasteiger partial charge in [0.2, 0.25) is 5.91 Å². The molecule has 4 heterocycles. The summed E-state index contributed by atoms with van der Waals surface area (Å²) in [6, 6.07) is 17.0. The van der Waals surface area contributed by atoms with Crippen LogP contribution in [0.15, 0.2) is 67.1 Å². The lowest BCUT2D eigenvalue weighted by atomic mass is 9.73. The van der Waals surface area contributed by atoms with Crippen LogP contribution < -0.4 is 30.3 Å². The molecule has 0 spiro atoms. The van der Waals surface area contributed by atoms with Crippen LogP contribution in [-0.2, 0) is 21.7 Å². The van der Waals surface area contributed by atoms with Gasteiger partial charge in [-0.25, -0.2) is 15.0 Å². The first kappa shape index (κ1) is 29.7. The molecule has 3 aromatic carbocycles. The predicted octanol–water partition coefficient (Wildman–Crippen LogP) is 4.93. The molecule has 2 atom stereocenters. The predicted molar refractivity (Wildman–Crippen MR) is 188 cm³/mol. The van der Waals surface area contributed by atoms with Crippen molar-refractivity contribution in [1.82, 2.24) is 15.0 Å². The van der Waals surface area contributed by atoms with E-state index in [1.807, 2.05) is 72.2 Å². The Morgan fingerprint density at radius 2 is 1.90 bits per heavy atom. The van der Waals surface area contributed by atoms with E-state index in [0.29, 0.717) is 39.6 Å². The van der Waals surface area contributed by atoms with Crippen molar-refractivity contribution < 1.29 is 19.1 Å². The zero-order valence-corrected chi connectivity index (χ0v) is 27.9. The number of Topliss-reactive ketones (excluding diaryl/α,β-unsaturated/α-hetero) is 2. The standard InChI is InChI=1S/C37H27ClN6O4S/c1-19-11-26-25-13-29(45)23-6-4-3-5-21(23)22(25)9-10-27(26)37(2,34(19)47)44-18-43(28-14-39-17-40-35(28)44)15-32(46)41-36-42-33-24-8-7-20(38)12-30(24)48-16-31(33)49-36/h3-14,17,19H,15-16,18H2,1-2H3,(H,41,42,46). The Morgan fingerprint density at radius 1 is 1.08 bits per heavy atom. The first-order valence-electron chi connectivity index (χ1n) is 15.8. The molecular weight excluding hydrogens is 660 g/mol. The minimum Gasteiger partial charge on any atom is -0.487 e. The molecule has 10 nitrogen and oxygen atoms in total. The molecule has 0 radical (unpaired) electrons. The van der Waals surface area contributed by atoms with Gasteiger partial charge in [-0.05, 0) is 58.3 Å². The number of anilines is 3. The fourth-order valence-corrected chi connectivity index (χ4v) is 8.57. The molecule has 12 heteroatoms. The Kier molecular flexibility index (Phi) is 6.56. The molecule has 0 fully saturated rings. The second-order valence-electron chi connectivity index (χ2n) is 12.7. The molecule has 4 aliphatic rings. The number of hydrogen-bond donors (Lipinski definition) is 1. The summed E-state index contributed by atoms with van der Waals surface area (Å²) in [5, 5.41) is 5.68. The van der Waals surface area contributed by atoms with E-state index >= 15 is 0 Å². The molecule has 5 aromatic rings. The number of carbonyl (C=O) groups is 3. The lowest BCUT2D eigenvalue weighted by Gasteiger charge is -2.42. The number of rotatable bonds is 4. The number of thiazole rings is 1. The second-order valence-corrected chi connectivity index (χ2v) is 14.2. The first-order valence-corrected chi connectivity index (χ1v) is 17.0. The summed E-state index contributed by atoms with van der Waals surface area (Å²) >= 11 is 7.52. The van der Waals surface area contributed by atoms with E-state index in [-0.39, 0.29) is 30.7 Å². The third-order valence-corrected chi connectivity index (χ3v) is 11.0. The molecule has 2 aliphatic heterocycles. The van der Waals surface area contributed by atoms with Gasteiger partial charge >= 0.3 is 0 Å². The van der Waals surface area contributed by atoms with Crippen LogP contribution in [0.4, 0.5) is 16.6 Å². The average molecular weight is 687 g/mol. The van der Waals surface area contributed by atoms with Crippen LogP contribution in [0.1, 0.15) is 34.6 Å². The molecular formula is C37H27ClN6O4S. The molecule has 9 rings (SSSR count). The molecule has 1 amide bonds. The fraction of sp³-hybridized carbons (Fsp3) is 0.189. The van der Waals surface area contributed by atoms with Crippen LogP contribution in [0, 0.1) is 5.92 Å². The summed E-state index contributed by atoms with van der Waals surface area (Å²) in [5.41, 5.74) is 4.37. The van der Waals surface area contributed by atoms with Gasteiger partial charge in [0.15, 0.2) is 22.5 Å². The smallest absolute Gasteiger partial charge is 0.245 e. The normalized spacial score (nSPS) is 19.7. The van der Waals surface area contributed by atoms with Gasteiger partial charge in [0.25, 0.3) is 0 Å². The summed E-state index contributed by atoms with van der Waals surface area (Å²) in [7, 11) is 0. The van der Waals surface area contributed by atoms with Gasteiger partial charge in [-0.1, -0.05) is 72.3 Å². The Labute approximate surface area is 289 Å². The van der Waals surface area contributed by atoms with Gasteiger partial charge in [0.1, 0.15) is 29.9 Å².